The quantitative estimate of drug-likeness (QED) is 0.831. The van der Waals surface area contributed by atoms with Gasteiger partial charge >= 0.3 is 5.63 Å². The summed E-state index contributed by atoms with van der Waals surface area (Å²) in [6, 6.07) is 5.19. The van der Waals surface area contributed by atoms with Crippen molar-refractivity contribution in [3.63, 3.8) is 0 Å². The summed E-state index contributed by atoms with van der Waals surface area (Å²) in [5, 5.41) is 0.879. The molecule has 118 valence electrons. The fraction of sp³-hybridized carbons (Fsp3) is 0.412. The van der Waals surface area contributed by atoms with E-state index >= 15 is 0 Å². The number of amides is 1. The summed E-state index contributed by atoms with van der Waals surface area (Å²) in [6.07, 6.45) is 1.65. The van der Waals surface area contributed by atoms with Gasteiger partial charge in [0.15, 0.2) is 6.61 Å². The molecule has 0 spiro atoms. The van der Waals surface area contributed by atoms with Gasteiger partial charge in [0.2, 0.25) is 0 Å². The van der Waals surface area contributed by atoms with Crippen LogP contribution in [0.25, 0.3) is 11.0 Å². The molecule has 1 aromatic heterocycles. The van der Waals surface area contributed by atoms with Crippen molar-refractivity contribution >= 4 is 16.9 Å². The molecule has 0 saturated heterocycles. The van der Waals surface area contributed by atoms with Crippen LogP contribution in [0.5, 0.6) is 5.75 Å². The molecule has 0 bridgehead atoms. The average Bonchev–Trinajstić information content (AvgIpc) is 2.44. The van der Waals surface area contributed by atoms with Crippen molar-refractivity contribution in [1.82, 2.24) is 0 Å². The minimum Gasteiger partial charge on any atom is -0.484 e. The van der Waals surface area contributed by atoms with Crippen LogP contribution in [0.4, 0.5) is 0 Å². The number of carbonyl (C=O) groups is 1. The maximum absolute atomic E-state index is 12.2. The van der Waals surface area contributed by atoms with Crippen LogP contribution in [0, 0.1) is 12.8 Å². The molecule has 0 aliphatic carbocycles. The van der Waals surface area contributed by atoms with Gasteiger partial charge in [-0.2, -0.15) is 0 Å². The topological polar surface area (TPSA) is 82.5 Å². The number of primary amides is 1. The van der Waals surface area contributed by atoms with E-state index in [1.807, 2.05) is 13.0 Å². The Hall–Kier alpha value is -2.30. The predicted octanol–water partition coefficient (Wildman–Crippen LogP) is 2.55. The SMILES string of the molecule is Cc1c(CCC(C)C)c(=O)oc2cc(OCC(N)=O)ccc12. The van der Waals surface area contributed by atoms with Crippen LogP contribution in [0.2, 0.25) is 0 Å². The summed E-state index contributed by atoms with van der Waals surface area (Å²) in [6.45, 7) is 5.97. The minimum absolute atomic E-state index is 0.207. The third kappa shape index (κ3) is 3.67. The molecule has 5 nitrogen and oxygen atoms in total. The standard InChI is InChI=1S/C17H21NO4/c1-10(2)4-6-14-11(3)13-7-5-12(21-9-16(18)19)8-15(13)22-17(14)20/h5,7-8,10H,4,6,9H2,1-3H3,(H2,18,19). The second-order valence-electron chi connectivity index (χ2n) is 5.84. The highest BCUT2D eigenvalue weighted by atomic mass is 16.5. The van der Waals surface area contributed by atoms with Gasteiger partial charge in [-0.15, -0.1) is 0 Å². The third-order valence-electron chi connectivity index (χ3n) is 3.61. The van der Waals surface area contributed by atoms with E-state index in [-0.39, 0.29) is 12.2 Å². The summed E-state index contributed by atoms with van der Waals surface area (Å²) in [4.78, 5) is 22.9. The second-order valence-corrected chi connectivity index (χ2v) is 5.84. The zero-order valence-corrected chi connectivity index (χ0v) is 13.1. The second kappa shape index (κ2) is 6.64. The molecule has 22 heavy (non-hydrogen) atoms. The van der Waals surface area contributed by atoms with Crippen molar-refractivity contribution in [2.75, 3.05) is 6.61 Å². The van der Waals surface area contributed by atoms with Crippen LogP contribution >= 0.6 is 0 Å². The monoisotopic (exact) mass is 303 g/mol. The molecule has 5 heteroatoms. The van der Waals surface area contributed by atoms with Gasteiger partial charge in [0.25, 0.3) is 5.91 Å². The Bertz CT molecular complexity index is 746. The summed E-state index contributed by atoms with van der Waals surface area (Å²) >= 11 is 0. The van der Waals surface area contributed by atoms with E-state index in [0.717, 1.165) is 22.9 Å². The zero-order chi connectivity index (χ0) is 16.3. The highest BCUT2D eigenvalue weighted by Gasteiger charge is 2.12. The maximum atomic E-state index is 12.2. The molecule has 0 aliphatic heterocycles. The zero-order valence-electron chi connectivity index (χ0n) is 13.1. The molecule has 0 saturated carbocycles. The molecule has 0 unspecified atom stereocenters. The fourth-order valence-electron chi connectivity index (χ4n) is 2.34. The molecular weight excluding hydrogens is 282 g/mol. The Morgan fingerprint density at radius 2 is 2.09 bits per heavy atom. The largest absolute Gasteiger partial charge is 0.484 e. The summed E-state index contributed by atoms with van der Waals surface area (Å²) in [7, 11) is 0. The molecule has 0 radical (unpaired) electrons. The first-order chi connectivity index (χ1) is 10.4. The number of fused-ring (bicyclic) bond motifs is 1. The van der Waals surface area contributed by atoms with Crippen LogP contribution < -0.4 is 16.1 Å². The van der Waals surface area contributed by atoms with Gasteiger partial charge < -0.3 is 14.9 Å². The van der Waals surface area contributed by atoms with Gasteiger partial charge in [0, 0.05) is 17.0 Å². The lowest BCUT2D eigenvalue weighted by Gasteiger charge is -2.10. The van der Waals surface area contributed by atoms with Gasteiger partial charge in [0.1, 0.15) is 11.3 Å². The van der Waals surface area contributed by atoms with Crippen molar-refractivity contribution in [1.29, 1.82) is 0 Å². The number of hydrogen-bond acceptors (Lipinski definition) is 4. The lowest BCUT2D eigenvalue weighted by atomic mass is 9.98. The van der Waals surface area contributed by atoms with Crippen molar-refractivity contribution in [2.45, 2.75) is 33.6 Å². The summed E-state index contributed by atoms with van der Waals surface area (Å²) in [5.41, 5.74) is 6.86. The van der Waals surface area contributed by atoms with Crippen LogP contribution in [-0.4, -0.2) is 12.5 Å². The maximum Gasteiger partial charge on any atom is 0.339 e. The van der Waals surface area contributed by atoms with Crippen molar-refractivity contribution < 1.29 is 13.9 Å². The molecule has 2 aromatic rings. The van der Waals surface area contributed by atoms with E-state index in [4.69, 9.17) is 14.9 Å². The van der Waals surface area contributed by atoms with E-state index in [0.29, 0.717) is 23.7 Å². The van der Waals surface area contributed by atoms with Crippen LogP contribution in [0.15, 0.2) is 27.4 Å². The first-order valence-corrected chi connectivity index (χ1v) is 7.36. The van der Waals surface area contributed by atoms with E-state index in [2.05, 4.69) is 13.8 Å². The first kappa shape index (κ1) is 16.1. The number of ether oxygens (including phenoxy) is 1. The average molecular weight is 303 g/mol. The van der Waals surface area contributed by atoms with Gasteiger partial charge in [-0.05, 0) is 43.4 Å². The predicted molar refractivity (Wildman–Crippen MR) is 85.1 cm³/mol. The van der Waals surface area contributed by atoms with Gasteiger partial charge in [-0.1, -0.05) is 13.8 Å². The Kier molecular flexibility index (Phi) is 4.85. The smallest absolute Gasteiger partial charge is 0.339 e. The molecule has 0 fully saturated rings. The molecule has 1 aromatic carbocycles. The third-order valence-corrected chi connectivity index (χ3v) is 3.61. The van der Waals surface area contributed by atoms with Gasteiger partial charge in [-0.25, -0.2) is 4.79 Å². The van der Waals surface area contributed by atoms with Crippen LogP contribution in [-0.2, 0) is 11.2 Å². The minimum atomic E-state index is -0.554. The van der Waals surface area contributed by atoms with E-state index < -0.39 is 5.91 Å². The van der Waals surface area contributed by atoms with Crippen LogP contribution in [0.3, 0.4) is 0 Å². The van der Waals surface area contributed by atoms with Crippen molar-refractivity contribution in [3.8, 4) is 5.75 Å². The molecular formula is C17H21NO4. The lowest BCUT2D eigenvalue weighted by molar-refractivity contribution is -0.119. The van der Waals surface area contributed by atoms with Gasteiger partial charge in [0.05, 0.1) is 0 Å². The Morgan fingerprint density at radius 1 is 1.36 bits per heavy atom. The number of hydrogen-bond donors (Lipinski definition) is 1. The molecule has 2 N–H and O–H groups in total. The Labute approximate surface area is 129 Å². The number of carbonyl (C=O) groups excluding carboxylic acids is 1. The van der Waals surface area contributed by atoms with Crippen molar-refractivity contribution in [3.05, 3.63) is 39.7 Å². The molecule has 0 aliphatic rings. The highest BCUT2D eigenvalue weighted by molar-refractivity contribution is 5.82. The number of rotatable bonds is 6. The summed E-state index contributed by atoms with van der Waals surface area (Å²) < 4.78 is 10.6. The van der Waals surface area contributed by atoms with Crippen molar-refractivity contribution in [2.24, 2.45) is 11.7 Å². The normalized spacial score (nSPS) is 11.1. The first-order valence-electron chi connectivity index (χ1n) is 7.36. The number of nitrogens with two attached hydrogens (primary N) is 1. The number of benzene rings is 1. The Balaban J connectivity index is 2.38. The Morgan fingerprint density at radius 3 is 2.73 bits per heavy atom. The summed E-state index contributed by atoms with van der Waals surface area (Å²) in [5.74, 6) is 0.421. The fourth-order valence-corrected chi connectivity index (χ4v) is 2.34. The van der Waals surface area contributed by atoms with E-state index in [1.165, 1.54) is 0 Å². The molecule has 2 rings (SSSR count). The molecule has 1 amide bonds. The van der Waals surface area contributed by atoms with Crippen LogP contribution in [0.1, 0.15) is 31.4 Å². The van der Waals surface area contributed by atoms with Gasteiger partial charge in [-0.3, -0.25) is 4.79 Å². The van der Waals surface area contributed by atoms with E-state index in [9.17, 15) is 9.59 Å². The number of aryl methyl sites for hydroxylation is 1. The molecule has 1 heterocycles. The highest BCUT2D eigenvalue weighted by Crippen LogP contribution is 2.25. The lowest BCUT2D eigenvalue weighted by Crippen LogP contribution is -2.20. The van der Waals surface area contributed by atoms with E-state index in [1.54, 1.807) is 12.1 Å². The molecule has 0 atom stereocenters.